The van der Waals surface area contributed by atoms with Crippen molar-refractivity contribution in [3.63, 3.8) is 0 Å². The number of aliphatic hydroxyl groups excluding tert-OH is 1. The Labute approximate surface area is 145 Å². The van der Waals surface area contributed by atoms with E-state index in [0.717, 1.165) is 0 Å². The first kappa shape index (κ1) is 17.3. The predicted octanol–water partition coefficient (Wildman–Crippen LogP) is 3.41. The lowest BCUT2D eigenvalue weighted by molar-refractivity contribution is 0.169. The molecule has 0 aliphatic carbocycles. The summed E-state index contributed by atoms with van der Waals surface area (Å²) in [5.74, 6) is 1.61. The van der Waals surface area contributed by atoms with Crippen molar-refractivity contribution >= 4 is 11.0 Å². The van der Waals surface area contributed by atoms with Crippen LogP contribution in [-0.2, 0) is 6.54 Å². The Morgan fingerprint density at radius 3 is 2.72 bits per heavy atom. The summed E-state index contributed by atoms with van der Waals surface area (Å²) >= 11 is 0. The number of fused-ring (bicyclic) bond motifs is 1. The minimum atomic E-state index is -0.771. The second-order valence-electron chi connectivity index (χ2n) is 5.65. The van der Waals surface area contributed by atoms with Crippen molar-refractivity contribution in [3.05, 3.63) is 59.6 Å². The molecule has 1 aromatic heterocycles. The molecule has 0 saturated carbocycles. The summed E-state index contributed by atoms with van der Waals surface area (Å²) in [6, 6.07) is 11.4. The number of ether oxygens (including phenoxy) is 2. The fourth-order valence-corrected chi connectivity index (χ4v) is 2.70. The zero-order valence-corrected chi connectivity index (χ0v) is 14.1. The van der Waals surface area contributed by atoms with Crippen LogP contribution in [0.15, 0.2) is 46.9 Å². The Morgan fingerprint density at radius 1 is 1.12 bits per heavy atom. The number of halogens is 1. The Kier molecular flexibility index (Phi) is 5.21. The molecule has 2 N–H and O–H groups in total. The van der Waals surface area contributed by atoms with Crippen molar-refractivity contribution in [2.24, 2.45) is 0 Å². The number of benzene rings is 2. The third-order valence-corrected chi connectivity index (χ3v) is 3.96. The van der Waals surface area contributed by atoms with Crippen molar-refractivity contribution < 1.29 is 23.4 Å². The van der Waals surface area contributed by atoms with Gasteiger partial charge in [0.2, 0.25) is 0 Å². The fraction of sp³-hybridized carbons (Fsp3) is 0.263. The van der Waals surface area contributed by atoms with E-state index >= 15 is 0 Å². The van der Waals surface area contributed by atoms with E-state index in [9.17, 15) is 9.50 Å². The highest BCUT2D eigenvalue weighted by Crippen LogP contribution is 2.29. The van der Waals surface area contributed by atoms with E-state index in [4.69, 9.17) is 13.9 Å². The molecule has 6 heteroatoms. The molecule has 0 aliphatic rings. The topological polar surface area (TPSA) is 63.9 Å². The number of aliphatic hydroxyl groups is 1. The Bertz CT molecular complexity index is 862. The molecule has 2 aromatic carbocycles. The lowest BCUT2D eigenvalue weighted by Gasteiger charge is -2.16. The van der Waals surface area contributed by atoms with Crippen LogP contribution in [0.5, 0.6) is 11.5 Å². The minimum absolute atomic E-state index is 0.298. The molecular weight excluding hydrogens is 325 g/mol. The van der Waals surface area contributed by atoms with Gasteiger partial charge in [-0.15, -0.1) is 0 Å². The molecular formula is C19H20FNO4. The van der Waals surface area contributed by atoms with Crippen LogP contribution in [0.2, 0.25) is 0 Å². The highest BCUT2D eigenvalue weighted by molar-refractivity contribution is 5.77. The third kappa shape index (κ3) is 3.92. The van der Waals surface area contributed by atoms with Crippen LogP contribution >= 0.6 is 0 Å². The lowest BCUT2D eigenvalue weighted by atomic mass is 10.1. The van der Waals surface area contributed by atoms with Crippen molar-refractivity contribution in [3.8, 4) is 11.5 Å². The maximum Gasteiger partial charge on any atom is 0.134 e. The van der Waals surface area contributed by atoms with Crippen molar-refractivity contribution in [2.75, 3.05) is 20.8 Å². The van der Waals surface area contributed by atoms with Gasteiger partial charge in [-0.2, -0.15) is 0 Å². The van der Waals surface area contributed by atoms with E-state index in [-0.39, 0.29) is 5.82 Å². The van der Waals surface area contributed by atoms with Crippen molar-refractivity contribution in [1.82, 2.24) is 5.32 Å². The van der Waals surface area contributed by atoms with E-state index < -0.39 is 6.10 Å². The zero-order valence-electron chi connectivity index (χ0n) is 14.1. The Morgan fingerprint density at radius 2 is 1.96 bits per heavy atom. The number of furan rings is 1. The van der Waals surface area contributed by atoms with Crippen LogP contribution in [0.1, 0.15) is 17.4 Å². The fourth-order valence-electron chi connectivity index (χ4n) is 2.70. The third-order valence-electron chi connectivity index (χ3n) is 3.96. The largest absolute Gasteiger partial charge is 0.497 e. The van der Waals surface area contributed by atoms with Gasteiger partial charge in [-0.3, -0.25) is 0 Å². The van der Waals surface area contributed by atoms with Gasteiger partial charge in [-0.25, -0.2) is 4.39 Å². The monoisotopic (exact) mass is 345 g/mol. The first-order valence-electron chi connectivity index (χ1n) is 7.89. The summed E-state index contributed by atoms with van der Waals surface area (Å²) in [5.41, 5.74) is 1.27. The summed E-state index contributed by atoms with van der Waals surface area (Å²) in [4.78, 5) is 0. The molecule has 1 heterocycles. The lowest BCUT2D eigenvalue weighted by Crippen LogP contribution is -2.21. The van der Waals surface area contributed by atoms with E-state index in [0.29, 0.717) is 46.9 Å². The first-order chi connectivity index (χ1) is 12.1. The summed E-state index contributed by atoms with van der Waals surface area (Å²) in [5, 5.41) is 14.3. The zero-order chi connectivity index (χ0) is 17.8. The van der Waals surface area contributed by atoms with Gasteiger partial charge in [0, 0.05) is 17.5 Å². The van der Waals surface area contributed by atoms with Gasteiger partial charge in [-0.1, -0.05) is 0 Å². The SMILES string of the molecule is COc1ccc(OC)c(C(O)CNCc2cc3cc(F)ccc3o2)c1. The summed E-state index contributed by atoms with van der Waals surface area (Å²) < 4.78 is 29.3. The van der Waals surface area contributed by atoms with Gasteiger partial charge in [0.25, 0.3) is 0 Å². The van der Waals surface area contributed by atoms with Gasteiger partial charge >= 0.3 is 0 Å². The molecule has 0 aliphatic heterocycles. The number of nitrogens with one attached hydrogen (secondary N) is 1. The molecule has 0 saturated heterocycles. The number of methoxy groups -OCH3 is 2. The summed E-state index contributed by atoms with van der Waals surface area (Å²) in [6.45, 7) is 0.717. The molecule has 1 unspecified atom stereocenters. The van der Waals surface area contributed by atoms with Gasteiger partial charge in [-0.05, 0) is 42.5 Å². The quantitative estimate of drug-likeness (QED) is 0.687. The highest BCUT2D eigenvalue weighted by atomic mass is 19.1. The molecule has 1 atom stereocenters. The minimum Gasteiger partial charge on any atom is -0.497 e. The second kappa shape index (κ2) is 7.55. The number of hydrogen-bond acceptors (Lipinski definition) is 5. The van der Waals surface area contributed by atoms with E-state index in [1.165, 1.54) is 12.1 Å². The van der Waals surface area contributed by atoms with Gasteiger partial charge in [0.05, 0.1) is 26.9 Å². The molecule has 0 bridgehead atoms. The molecule has 0 fully saturated rings. The number of hydrogen-bond donors (Lipinski definition) is 2. The predicted molar refractivity (Wildman–Crippen MR) is 92.4 cm³/mol. The maximum atomic E-state index is 13.2. The first-order valence-corrected chi connectivity index (χ1v) is 7.89. The van der Waals surface area contributed by atoms with Crippen LogP contribution in [0.25, 0.3) is 11.0 Å². The molecule has 132 valence electrons. The molecule has 0 amide bonds. The Hall–Kier alpha value is -2.57. The summed E-state index contributed by atoms with van der Waals surface area (Å²) in [6.07, 6.45) is -0.771. The van der Waals surface area contributed by atoms with Gasteiger partial charge < -0.3 is 24.3 Å². The van der Waals surface area contributed by atoms with Crippen LogP contribution in [0, 0.1) is 5.82 Å². The van der Waals surface area contributed by atoms with Crippen LogP contribution in [0.3, 0.4) is 0 Å². The van der Waals surface area contributed by atoms with Crippen molar-refractivity contribution in [1.29, 1.82) is 0 Å². The molecule has 0 radical (unpaired) electrons. The smallest absolute Gasteiger partial charge is 0.134 e. The van der Waals surface area contributed by atoms with E-state index in [1.807, 2.05) is 0 Å². The van der Waals surface area contributed by atoms with E-state index in [2.05, 4.69) is 5.32 Å². The molecule has 0 spiro atoms. The summed E-state index contributed by atoms with van der Waals surface area (Å²) in [7, 11) is 3.12. The molecule has 3 rings (SSSR count). The molecule has 3 aromatic rings. The van der Waals surface area contributed by atoms with Gasteiger partial charge in [0.1, 0.15) is 28.7 Å². The van der Waals surface area contributed by atoms with Crippen LogP contribution in [-0.4, -0.2) is 25.9 Å². The van der Waals surface area contributed by atoms with E-state index in [1.54, 1.807) is 44.6 Å². The molecule has 5 nitrogen and oxygen atoms in total. The average molecular weight is 345 g/mol. The van der Waals surface area contributed by atoms with Gasteiger partial charge in [0.15, 0.2) is 0 Å². The average Bonchev–Trinajstić information content (AvgIpc) is 3.02. The Balaban J connectivity index is 1.64. The highest BCUT2D eigenvalue weighted by Gasteiger charge is 2.15. The standard InChI is InChI=1S/C19H20FNO4/c1-23-14-4-6-19(24-2)16(9-14)17(22)11-21-10-15-8-12-7-13(20)3-5-18(12)25-15/h3-9,17,21-22H,10-11H2,1-2H3. The normalized spacial score (nSPS) is 12.3. The van der Waals surface area contributed by atoms with Crippen molar-refractivity contribution in [2.45, 2.75) is 12.6 Å². The maximum absolute atomic E-state index is 13.2. The van der Waals surface area contributed by atoms with Crippen LogP contribution < -0.4 is 14.8 Å². The second-order valence-corrected chi connectivity index (χ2v) is 5.65. The van der Waals surface area contributed by atoms with Crippen LogP contribution in [0.4, 0.5) is 4.39 Å². The molecule has 25 heavy (non-hydrogen) atoms. The number of rotatable bonds is 7.